The maximum absolute atomic E-state index is 3.85. The van der Waals surface area contributed by atoms with Crippen LogP contribution in [0.3, 0.4) is 0 Å². The van der Waals surface area contributed by atoms with Gasteiger partial charge in [0.25, 0.3) is 0 Å². The van der Waals surface area contributed by atoms with Gasteiger partial charge in [0.15, 0.2) is 0 Å². The Labute approximate surface area is 70.8 Å². The van der Waals surface area contributed by atoms with Crippen molar-refractivity contribution in [2.75, 3.05) is 11.5 Å². The molecule has 0 aromatic carbocycles. The fourth-order valence-electron chi connectivity index (χ4n) is 1.43. The average molecular weight is 172 g/mol. The summed E-state index contributed by atoms with van der Waals surface area (Å²) in [4.78, 5) is 0. The van der Waals surface area contributed by atoms with Crippen molar-refractivity contribution >= 4 is 23.5 Å². The van der Waals surface area contributed by atoms with Crippen molar-refractivity contribution in [2.45, 2.75) is 16.9 Å². The molecule has 0 aromatic heterocycles. The summed E-state index contributed by atoms with van der Waals surface area (Å²) in [7, 11) is 0. The molecular formula is C8H12S2. The van der Waals surface area contributed by atoms with Crippen molar-refractivity contribution in [3.63, 3.8) is 0 Å². The molecule has 1 unspecified atom stereocenters. The molecule has 1 saturated heterocycles. The van der Waals surface area contributed by atoms with Gasteiger partial charge in [-0.15, -0.1) is 30.1 Å². The van der Waals surface area contributed by atoms with Crippen molar-refractivity contribution in [3.8, 4) is 0 Å². The quantitative estimate of drug-likeness (QED) is 0.558. The number of thioether (sulfide) groups is 2. The van der Waals surface area contributed by atoms with Crippen LogP contribution in [0.15, 0.2) is 12.7 Å². The third kappa shape index (κ3) is 1.02. The van der Waals surface area contributed by atoms with E-state index in [1.807, 2.05) is 0 Å². The minimum atomic E-state index is 0.611. The van der Waals surface area contributed by atoms with Crippen molar-refractivity contribution in [1.82, 2.24) is 0 Å². The van der Waals surface area contributed by atoms with Gasteiger partial charge in [-0.3, -0.25) is 0 Å². The van der Waals surface area contributed by atoms with Crippen molar-refractivity contribution in [3.05, 3.63) is 12.7 Å². The Morgan fingerprint density at radius 2 is 2.10 bits per heavy atom. The lowest BCUT2D eigenvalue weighted by Gasteiger charge is -2.20. The van der Waals surface area contributed by atoms with Crippen LogP contribution in [0.2, 0.25) is 0 Å². The summed E-state index contributed by atoms with van der Waals surface area (Å²) in [6, 6.07) is 0. The zero-order valence-electron chi connectivity index (χ0n) is 6.01. The molecule has 0 aromatic rings. The van der Waals surface area contributed by atoms with E-state index in [9.17, 15) is 0 Å². The first-order valence-electron chi connectivity index (χ1n) is 3.78. The van der Waals surface area contributed by atoms with Crippen LogP contribution >= 0.6 is 23.5 Å². The number of rotatable bonds is 1. The summed E-state index contributed by atoms with van der Waals surface area (Å²) >= 11 is 4.31. The number of hydrogen-bond acceptors (Lipinski definition) is 2. The van der Waals surface area contributed by atoms with E-state index in [2.05, 4.69) is 36.2 Å². The first-order chi connectivity index (χ1) is 4.87. The van der Waals surface area contributed by atoms with Crippen LogP contribution < -0.4 is 0 Å². The van der Waals surface area contributed by atoms with Gasteiger partial charge in [-0.25, -0.2) is 0 Å². The molecule has 2 heteroatoms. The predicted molar refractivity (Wildman–Crippen MR) is 50.6 cm³/mol. The van der Waals surface area contributed by atoms with Gasteiger partial charge in [0.2, 0.25) is 0 Å². The molecule has 0 nitrogen and oxygen atoms in total. The van der Waals surface area contributed by atoms with Crippen LogP contribution in [0.5, 0.6) is 0 Å². The van der Waals surface area contributed by atoms with Crippen LogP contribution in [-0.2, 0) is 0 Å². The second-order valence-electron chi connectivity index (χ2n) is 2.91. The highest BCUT2D eigenvalue weighted by Crippen LogP contribution is 2.64. The molecule has 1 spiro atoms. The second kappa shape index (κ2) is 2.49. The molecule has 2 fully saturated rings. The van der Waals surface area contributed by atoms with Gasteiger partial charge in [0, 0.05) is 5.92 Å². The largest absolute Gasteiger partial charge is 0.144 e. The highest BCUT2D eigenvalue weighted by atomic mass is 32.2. The second-order valence-corrected chi connectivity index (χ2v) is 6.02. The topological polar surface area (TPSA) is 0 Å². The normalized spacial score (nSPS) is 35.8. The average Bonchev–Trinajstić information content (AvgIpc) is 2.65. The lowest BCUT2D eigenvalue weighted by atomic mass is 10.4. The van der Waals surface area contributed by atoms with E-state index in [0.29, 0.717) is 4.08 Å². The van der Waals surface area contributed by atoms with Gasteiger partial charge in [0.1, 0.15) is 0 Å². The number of hydrogen-bond donors (Lipinski definition) is 0. The minimum Gasteiger partial charge on any atom is -0.144 e. The van der Waals surface area contributed by atoms with Crippen molar-refractivity contribution in [2.24, 2.45) is 5.92 Å². The molecule has 2 rings (SSSR count). The maximum Gasteiger partial charge on any atom is 0.0680 e. The Morgan fingerprint density at radius 3 is 2.60 bits per heavy atom. The van der Waals surface area contributed by atoms with Crippen LogP contribution in [0, 0.1) is 5.92 Å². The van der Waals surface area contributed by atoms with Crippen molar-refractivity contribution in [1.29, 1.82) is 0 Å². The Hall–Kier alpha value is 0.440. The van der Waals surface area contributed by atoms with Crippen LogP contribution in [0.25, 0.3) is 0 Å². The Bertz CT molecular complexity index is 147. The molecule has 0 amide bonds. The summed E-state index contributed by atoms with van der Waals surface area (Å²) < 4.78 is 0.611. The van der Waals surface area contributed by atoms with Crippen LogP contribution in [0.1, 0.15) is 12.8 Å². The molecule has 1 aliphatic carbocycles. The molecule has 1 atom stereocenters. The first kappa shape index (κ1) is 7.11. The van der Waals surface area contributed by atoms with Crippen LogP contribution in [0.4, 0.5) is 0 Å². The van der Waals surface area contributed by atoms with Gasteiger partial charge >= 0.3 is 0 Å². The molecule has 1 heterocycles. The van der Waals surface area contributed by atoms with E-state index >= 15 is 0 Å². The summed E-state index contributed by atoms with van der Waals surface area (Å²) in [6.07, 6.45) is 4.91. The van der Waals surface area contributed by atoms with E-state index in [4.69, 9.17) is 0 Å². The summed E-state index contributed by atoms with van der Waals surface area (Å²) in [5, 5.41) is 0. The third-order valence-electron chi connectivity index (χ3n) is 2.18. The van der Waals surface area contributed by atoms with Crippen LogP contribution in [-0.4, -0.2) is 15.6 Å². The minimum absolute atomic E-state index is 0.611. The molecule has 56 valence electrons. The molecule has 0 bridgehead atoms. The van der Waals surface area contributed by atoms with E-state index in [1.54, 1.807) is 0 Å². The van der Waals surface area contributed by atoms with Gasteiger partial charge in [-0.1, -0.05) is 6.08 Å². The fourth-order valence-corrected chi connectivity index (χ4v) is 4.93. The summed E-state index contributed by atoms with van der Waals surface area (Å²) in [6.45, 7) is 3.85. The fraction of sp³-hybridized carbons (Fsp3) is 0.750. The maximum atomic E-state index is 3.85. The van der Waals surface area contributed by atoms with Gasteiger partial charge < -0.3 is 0 Å². The Morgan fingerprint density at radius 1 is 1.40 bits per heavy atom. The monoisotopic (exact) mass is 172 g/mol. The molecule has 0 N–H and O–H groups in total. The van der Waals surface area contributed by atoms with Crippen molar-refractivity contribution < 1.29 is 0 Å². The molecule has 2 aliphatic rings. The van der Waals surface area contributed by atoms with Gasteiger partial charge in [-0.2, -0.15) is 0 Å². The molecule has 1 saturated carbocycles. The SMILES string of the molecule is C=CC1CC12SCCCS2. The summed E-state index contributed by atoms with van der Waals surface area (Å²) in [5.74, 6) is 3.57. The highest BCUT2D eigenvalue weighted by Gasteiger charge is 2.54. The molecule has 1 aliphatic heterocycles. The molecule has 10 heavy (non-hydrogen) atoms. The number of allylic oxidation sites excluding steroid dienone is 1. The van der Waals surface area contributed by atoms with E-state index in [0.717, 1.165) is 5.92 Å². The lowest BCUT2D eigenvalue weighted by molar-refractivity contribution is 1.06. The zero-order chi connectivity index (χ0) is 7.03. The third-order valence-corrected chi connectivity index (χ3v) is 5.78. The van der Waals surface area contributed by atoms with Gasteiger partial charge in [-0.05, 0) is 24.3 Å². The first-order valence-corrected chi connectivity index (χ1v) is 5.75. The standard InChI is InChI=1S/C8H12S2/c1-2-7-6-8(7)9-4-3-5-10-8/h2,7H,1,3-6H2. The molecular weight excluding hydrogens is 160 g/mol. The molecule has 0 radical (unpaired) electrons. The van der Waals surface area contributed by atoms with Gasteiger partial charge in [0.05, 0.1) is 4.08 Å². The Kier molecular flexibility index (Phi) is 1.77. The Balaban J connectivity index is 1.97. The smallest absolute Gasteiger partial charge is 0.0680 e. The van der Waals surface area contributed by atoms with E-state index in [1.165, 1.54) is 24.3 Å². The lowest BCUT2D eigenvalue weighted by Crippen LogP contribution is -2.08. The summed E-state index contributed by atoms with van der Waals surface area (Å²) in [5.41, 5.74) is 0. The predicted octanol–water partition coefficient (Wildman–Crippen LogP) is 2.76. The van der Waals surface area contributed by atoms with E-state index in [-0.39, 0.29) is 0 Å². The zero-order valence-corrected chi connectivity index (χ0v) is 7.64. The highest BCUT2D eigenvalue weighted by molar-refractivity contribution is 8.19. The van der Waals surface area contributed by atoms with E-state index < -0.39 is 0 Å².